The van der Waals surface area contributed by atoms with Crippen LogP contribution in [0.15, 0.2) is 46.8 Å². The van der Waals surface area contributed by atoms with Crippen molar-refractivity contribution >= 4 is 17.7 Å². The number of Topliss-reactive ketones (excluding diaryl/α,β-unsaturated/α-hetero) is 1. The number of aromatic hydroxyl groups is 1. The van der Waals surface area contributed by atoms with Gasteiger partial charge in [-0.25, -0.2) is 4.79 Å². The van der Waals surface area contributed by atoms with Gasteiger partial charge in [-0.1, -0.05) is 19.1 Å². The Kier molecular flexibility index (Phi) is 7.58. The molecule has 3 atom stereocenters. The van der Waals surface area contributed by atoms with Crippen LogP contribution in [0.4, 0.5) is 0 Å². The zero-order valence-corrected chi connectivity index (χ0v) is 19.6. The number of methoxy groups -OCH3 is 1. The molecule has 0 radical (unpaired) electrons. The molecule has 2 aliphatic rings. The summed E-state index contributed by atoms with van der Waals surface area (Å²) in [5.74, 6) is -3.61. The van der Waals surface area contributed by atoms with Crippen LogP contribution in [0, 0.1) is 11.8 Å². The molecule has 1 aliphatic carbocycles. The Morgan fingerprint density at radius 1 is 1.24 bits per heavy atom. The van der Waals surface area contributed by atoms with Crippen molar-refractivity contribution in [2.75, 3.05) is 20.3 Å². The van der Waals surface area contributed by atoms with E-state index in [4.69, 9.17) is 14.2 Å². The van der Waals surface area contributed by atoms with Crippen molar-refractivity contribution in [3.8, 4) is 5.75 Å². The Hall–Kier alpha value is -3.13. The number of esters is 2. The van der Waals surface area contributed by atoms with E-state index in [0.29, 0.717) is 29.0 Å². The summed E-state index contributed by atoms with van der Waals surface area (Å²) < 4.78 is 15.8. The van der Waals surface area contributed by atoms with Crippen LogP contribution in [0.1, 0.15) is 45.6 Å². The molecule has 1 aliphatic heterocycles. The van der Waals surface area contributed by atoms with Crippen LogP contribution in [0.2, 0.25) is 0 Å². The lowest BCUT2D eigenvalue weighted by molar-refractivity contribution is -0.151. The van der Waals surface area contributed by atoms with E-state index in [-0.39, 0.29) is 36.6 Å². The second kappa shape index (κ2) is 10.2. The summed E-state index contributed by atoms with van der Waals surface area (Å²) in [7, 11) is 1.25. The summed E-state index contributed by atoms with van der Waals surface area (Å²) in [6.07, 6.45) is 0.448. The molecule has 0 unspecified atom stereocenters. The monoisotopic (exact) mass is 457 g/mol. The molecular formula is C25H31NO7. The fourth-order valence-electron chi connectivity index (χ4n) is 4.48. The Bertz CT molecular complexity index is 1010. The zero-order chi connectivity index (χ0) is 24.3. The minimum Gasteiger partial charge on any atom is -0.508 e. The number of rotatable bonds is 7. The number of nitrogens with one attached hydrogen (secondary N) is 1. The lowest BCUT2D eigenvalue weighted by atomic mass is 9.69. The quantitative estimate of drug-likeness (QED) is 0.365. The molecule has 8 heteroatoms. The van der Waals surface area contributed by atoms with E-state index in [9.17, 15) is 19.5 Å². The highest BCUT2D eigenvalue weighted by atomic mass is 16.6. The number of benzene rings is 1. The molecule has 1 aromatic rings. The average Bonchev–Trinajstić information content (AvgIpc) is 2.75. The van der Waals surface area contributed by atoms with Crippen molar-refractivity contribution in [3.63, 3.8) is 0 Å². The number of phenols is 1. The van der Waals surface area contributed by atoms with Gasteiger partial charge in [0.15, 0.2) is 5.78 Å². The molecule has 33 heavy (non-hydrogen) atoms. The first-order valence-corrected chi connectivity index (χ1v) is 11.1. The van der Waals surface area contributed by atoms with Gasteiger partial charge in [-0.05, 0) is 50.8 Å². The van der Waals surface area contributed by atoms with Crippen LogP contribution in [0.5, 0.6) is 5.75 Å². The first kappa shape index (κ1) is 24.5. The summed E-state index contributed by atoms with van der Waals surface area (Å²) in [6, 6.07) is 6.41. The van der Waals surface area contributed by atoms with Crippen LogP contribution < -0.4 is 5.32 Å². The van der Waals surface area contributed by atoms with E-state index < -0.39 is 29.6 Å². The minimum absolute atomic E-state index is 0.00466. The van der Waals surface area contributed by atoms with Crippen LogP contribution in [0.3, 0.4) is 0 Å². The highest BCUT2D eigenvalue weighted by Gasteiger charge is 2.47. The molecule has 2 N–H and O–H groups in total. The van der Waals surface area contributed by atoms with Gasteiger partial charge in [-0.15, -0.1) is 0 Å². The van der Waals surface area contributed by atoms with Crippen LogP contribution in [-0.4, -0.2) is 49.3 Å². The topological polar surface area (TPSA) is 111 Å². The first-order chi connectivity index (χ1) is 15.6. The number of phenolic OH excluding ortho intramolecular Hbond substituents is 1. The Balaban J connectivity index is 2.04. The smallest absolute Gasteiger partial charge is 0.336 e. The highest BCUT2D eigenvalue weighted by molar-refractivity contribution is 6.12. The SMILES string of the molecule is COC(=O)[C@H]1C(=O)C2=C(C[C@@H]1C)NC(C)=C(C(=O)OCCOC(C)C)[C@@H]2c1cccc(O)c1. The van der Waals surface area contributed by atoms with Gasteiger partial charge in [0.05, 0.1) is 25.4 Å². The van der Waals surface area contributed by atoms with Crippen LogP contribution >= 0.6 is 0 Å². The number of hydrogen-bond acceptors (Lipinski definition) is 8. The lowest BCUT2D eigenvalue weighted by Gasteiger charge is -2.38. The molecule has 0 fully saturated rings. The Labute approximate surface area is 193 Å². The standard InChI is InChI=1S/C25H31NO7/c1-13(2)32-9-10-33-25(30)20-15(4)26-18-11-14(3)19(24(29)31-5)23(28)22(18)21(20)16-7-6-8-17(27)12-16/h6-8,12-14,19,21,26-27H,9-11H2,1-5H3/t14-,19+,21-/m0/s1. The molecule has 0 saturated carbocycles. The van der Waals surface area contributed by atoms with E-state index in [1.807, 2.05) is 20.8 Å². The predicted molar refractivity (Wildman–Crippen MR) is 120 cm³/mol. The van der Waals surface area contributed by atoms with E-state index in [2.05, 4.69) is 5.32 Å². The maximum Gasteiger partial charge on any atom is 0.336 e. The number of ether oxygens (including phenoxy) is 3. The largest absolute Gasteiger partial charge is 0.508 e. The highest BCUT2D eigenvalue weighted by Crippen LogP contribution is 2.45. The average molecular weight is 458 g/mol. The number of hydrogen-bond donors (Lipinski definition) is 2. The molecule has 0 amide bonds. The van der Waals surface area contributed by atoms with Gasteiger partial charge in [-0.2, -0.15) is 0 Å². The summed E-state index contributed by atoms with van der Waals surface area (Å²) in [5, 5.41) is 13.3. The molecule has 1 heterocycles. The summed E-state index contributed by atoms with van der Waals surface area (Å²) in [6.45, 7) is 7.66. The van der Waals surface area contributed by atoms with Gasteiger partial charge >= 0.3 is 11.9 Å². The van der Waals surface area contributed by atoms with Crippen LogP contribution in [-0.2, 0) is 28.6 Å². The molecule has 1 aromatic carbocycles. The first-order valence-electron chi connectivity index (χ1n) is 11.1. The Morgan fingerprint density at radius 2 is 1.97 bits per heavy atom. The van der Waals surface area contributed by atoms with Crippen LogP contribution in [0.25, 0.3) is 0 Å². The molecular weight excluding hydrogens is 426 g/mol. The van der Waals surface area contributed by atoms with Crippen molar-refractivity contribution in [1.29, 1.82) is 0 Å². The van der Waals surface area contributed by atoms with Crippen molar-refractivity contribution < 1.29 is 33.7 Å². The normalized spacial score (nSPS) is 22.7. The summed E-state index contributed by atoms with van der Waals surface area (Å²) >= 11 is 0. The number of carbonyl (C=O) groups excluding carboxylic acids is 3. The predicted octanol–water partition coefficient (Wildman–Crippen LogP) is 2.97. The third kappa shape index (κ3) is 5.11. The molecule has 0 bridgehead atoms. The number of allylic oxidation sites excluding steroid dienone is 3. The molecule has 0 spiro atoms. The fraction of sp³-hybridized carbons (Fsp3) is 0.480. The lowest BCUT2D eigenvalue weighted by Crippen LogP contribution is -2.43. The van der Waals surface area contributed by atoms with Crippen molar-refractivity contribution in [2.45, 2.75) is 46.1 Å². The van der Waals surface area contributed by atoms with Crippen molar-refractivity contribution in [3.05, 3.63) is 52.4 Å². The van der Waals surface area contributed by atoms with Gasteiger partial charge in [0, 0.05) is 22.9 Å². The van der Waals surface area contributed by atoms with Gasteiger partial charge in [0.2, 0.25) is 0 Å². The zero-order valence-electron chi connectivity index (χ0n) is 19.6. The van der Waals surface area contributed by atoms with E-state index in [1.54, 1.807) is 19.1 Å². The van der Waals surface area contributed by atoms with Gasteiger partial charge in [-0.3, -0.25) is 9.59 Å². The van der Waals surface area contributed by atoms with E-state index in [1.165, 1.54) is 19.2 Å². The third-order valence-corrected chi connectivity index (χ3v) is 5.93. The van der Waals surface area contributed by atoms with Crippen molar-refractivity contribution in [2.24, 2.45) is 11.8 Å². The number of carbonyl (C=O) groups is 3. The van der Waals surface area contributed by atoms with Gasteiger partial charge in [0.1, 0.15) is 18.3 Å². The van der Waals surface area contributed by atoms with Crippen molar-refractivity contribution in [1.82, 2.24) is 5.32 Å². The molecule has 0 aromatic heterocycles. The second-order valence-corrected chi connectivity index (χ2v) is 8.69. The molecule has 8 nitrogen and oxygen atoms in total. The maximum absolute atomic E-state index is 13.6. The number of ketones is 1. The second-order valence-electron chi connectivity index (χ2n) is 8.69. The molecule has 3 rings (SSSR count). The summed E-state index contributed by atoms with van der Waals surface area (Å²) in [4.78, 5) is 39.2. The van der Waals surface area contributed by atoms with Gasteiger partial charge < -0.3 is 24.6 Å². The number of dihydropyridines is 1. The van der Waals surface area contributed by atoms with Gasteiger partial charge in [0.25, 0.3) is 0 Å². The van der Waals surface area contributed by atoms with E-state index in [0.717, 1.165) is 0 Å². The Morgan fingerprint density at radius 3 is 2.61 bits per heavy atom. The fourth-order valence-corrected chi connectivity index (χ4v) is 4.48. The maximum atomic E-state index is 13.6. The van der Waals surface area contributed by atoms with E-state index >= 15 is 0 Å². The third-order valence-electron chi connectivity index (χ3n) is 5.93. The molecule has 0 saturated heterocycles. The minimum atomic E-state index is -0.967. The molecule has 178 valence electrons. The summed E-state index contributed by atoms with van der Waals surface area (Å²) in [5.41, 5.74) is 2.37.